The molecular formula is C10H25NO2Si. The smallest absolute Gasteiger partial charge is 0.337 e. The highest BCUT2D eigenvalue weighted by molar-refractivity contribution is 6.67. The number of nitrogens with one attached hydrogen (secondary N) is 1. The lowest BCUT2D eigenvalue weighted by atomic mass is 10.4. The fraction of sp³-hybridized carbons (Fsp3) is 1.00. The van der Waals surface area contributed by atoms with Crippen molar-refractivity contribution in [2.24, 2.45) is 0 Å². The van der Waals surface area contributed by atoms with Gasteiger partial charge in [0.1, 0.15) is 0 Å². The van der Waals surface area contributed by atoms with Crippen LogP contribution in [0.1, 0.15) is 26.7 Å². The Bertz CT molecular complexity index is 100. The van der Waals surface area contributed by atoms with Gasteiger partial charge in [0.05, 0.1) is 0 Å². The van der Waals surface area contributed by atoms with E-state index >= 15 is 0 Å². The molecule has 0 aromatic carbocycles. The van der Waals surface area contributed by atoms with E-state index in [9.17, 15) is 0 Å². The molecule has 1 aliphatic heterocycles. The predicted molar refractivity (Wildman–Crippen MR) is 62.8 cm³/mol. The summed E-state index contributed by atoms with van der Waals surface area (Å²) in [6, 6.07) is 2.08. The Morgan fingerprint density at radius 1 is 1.00 bits per heavy atom. The Morgan fingerprint density at radius 3 is 1.50 bits per heavy atom. The Balaban J connectivity index is 0.000000280. The highest BCUT2D eigenvalue weighted by atomic mass is 28.4. The van der Waals surface area contributed by atoms with Gasteiger partial charge in [0.15, 0.2) is 0 Å². The third-order valence-corrected chi connectivity index (χ3v) is 6.42. The number of hydrogen-bond donors (Lipinski definition) is 1. The second-order valence-electron chi connectivity index (χ2n) is 3.48. The van der Waals surface area contributed by atoms with Gasteiger partial charge in [-0.3, -0.25) is 0 Å². The van der Waals surface area contributed by atoms with Gasteiger partial charge in [-0.25, -0.2) is 0 Å². The van der Waals surface area contributed by atoms with Crippen molar-refractivity contribution in [2.45, 2.75) is 38.8 Å². The van der Waals surface area contributed by atoms with E-state index in [0.717, 1.165) is 12.1 Å². The molecule has 1 heterocycles. The van der Waals surface area contributed by atoms with Crippen LogP contribution in [-0.4, -0.2) is 35.9 Å². The van der Waals surface area contributed by atoms with E-state index in [1.165, 1.54) is 25.9 Å². The van der Waals surface area contributed by atoms with E-state index in [0.29, 0.717) is 0 Å². The molecule has 0 aromatic rings. The van der Waals surface area contributed by atoms with Crippen LogP contribution in [0.4, 0.5) is 0 Å². The summed E-state index contributed by atoms with van der Waals surface area (Å²) in [6.07, 6.45) is 2.78. The lowest BCUT2D eigenvalue weighted by molar-refractivity contribution is 0.244. The van der Waals surface area contributed by atoms with Crippen molar-refractivity contribution in [3.05, 3.63) is 0 Å². The minimum atomic E-state index is -1.69. The van der Waals surface area contributed by atoms with Crippen LogP contribution in [0.5, 0.6) is 0 Å². The predicted octanol–water partition coefficient (Wildman–Crippen LogP) is 2.13. The standard InChI is InChI=1S/C6H16O2Si.C4H9N/c1-5-9(6-2,7-3)8-4;1-2-4-5-3-1/h5-6H2,1-4H3;5H,1-4H2. The maximum Gasteiger partial charge on any atom is 0.337 e. The Labute approximate surface area is 89.4 Å². The molecule has 4 heteroatoms. The molecule has 1 rings (SSSR count). The topological polar surface area (TPSA) is 30.5 Å². The fourth-order valence-corrected chi connectivity index (χ4v) is 3.36. The van der Waals surface area contributed by atoms with Crippen LogP contribution in [0, 0.1) is 0 Å². The molecule has 1 aliphatic rings. The first-order valence-corrected chi connectivity index (χ1v) is 7.78. The van der Waals surface area contributed by atoms with E-state index in [2.05, 4.69) is 19.2 Å². The molecule has 0 amide bonds. The second kappa shape index (κ2) is 8.41. The molecule has 0 aliphatic carbocycles. The van der Waals surface area contributed by atoms with Crippen molar-refractivity contribution in [2.75, 3.05) is 27.3 Å². The molecule has 86 valence electrons. The monoisotopic (exact) mass is 219 g/mol. The lowest BCUT2D eigenvalue weighted by Gasteiger charge is -2.23. The molecule has 0 bridgehead atoms. The van der Waals surface area contributed by atoms with Crippen LogP contribution in [0.2, 0.25) is 12.1 Å². The van der Waals surface area contributed by atoms with E-state index < -0.39 is 8.56 Å². The molecule has 0 spiro atoms. The summed E-state index contributed by atoms with van der Waals surface area (Å²) in [5.74, 6) is 0. The third-order valence-electron chi connectivity index (χ3n) is 2.78. The van der Waals surface area contributed by atoms with Gasteiger partial charge in [-0.05, 0) is 38.0 Å². The zero-order chi connectivity index (χ0) is 10.9. The summed E-state index contributed by atoms with van der Waals surface area (Å²) in [5, 5.41) is 3.22. The zero-order valence-corrected chi connectivity index (χ0v) is 11.1. The van der Waals surface area contributed by atoms with E-state index in [1.54, 1.807) is 14.2 Å². The molecule has 1 N–H and O–H groups in total. The Hall–Kier alpha value is 0.0969. The van der Waals surface area contributed by atoms with E-state index in [1.807, 2.05) is 0 Å². The molecule has 0 radical (unpaired) electrons. The van der Waals surface area contributed by atoms with Crippen molar-refractivity contribution in [3.63, 3.8) is 0 Å². The lowest BCUT2D eigenvalue weighted by Crippen LogP contribution is -2.37. The summed E-state index contributed by atoms with van der Waals surface area (Å²) in [5.41, 5.74) is 0. The van der Waals surface area contributed by atoms with E-state index in [4.69, 9.17) is 8.85 Å². The molecule has 1 fully saturated rings. The van der Waals surface area contributed by atoms with Crippen molar-refractivity contribution >= 4 is 8.56 Å². The molecule has 1 saturated heterocycles. The van der Waals surface area contributed by atoms with E-state index in [-0.39, 0.29) is 0 Å². The first-order valence-electron chi connectivity index (χ1n) is 5.55. The van der Waals surface area contributed by atoms with Gasteiger partial charge in [-0.15, -0.1) is 0 Å². The van der Waals surface area contributed by atoms with Gasteiger partial charge >= 0.3 is 8.56 Å². The summed E-state index contributed by atoms with van der Waals surface area (Å²) in [6.45, 7) is 6.73. The van der Waals surface area contributed by atoms with Crippen molar-refractivity contribution in [3.8, 4) is 0 Å². The first-order chi connectivity index (χ1) is 6.74. The van der Waals surface area contributed by atoms with Crippen LogP contribution in [0.25, 0.3) is 0 Å². The summed E-state index contributed by atoms with van der Waals surface area (Å²) in [4.78, 5) is 0. The normalized spacial score (nSPS) is 16.3. The van der Waals surface area contributed by atoms with Crippen LogP contribution in [-0.2, 0) is 8.85 Å². The van der Waals surface area contributed by atoms with Gasteiger partial charge in [-0.2, -0.15) is 0 Å². The molecule has 0 unspecified atom stereocenters. The number of hydrogen-bond acceptors (Lipinski definition) is 3. The number of rotatable bonds is 4. The highest BCUT2D eigenvalue weighted by Crippen LogP contribution is 2.15. The molecule has 0 atom stereocenters. The Kier molecular flexibility index (Phi) is 8.47. The molecule has 0 saturated carbocycles. The molecule has 0 aromatic heterocycles. The minimum Gasteiger partial charge on any atom is -0.398 e. The summed E-state index contributed by atoms with van der Waals surface area (Å²) in [7, 11) is 1.79. The maximum atomic E-state index is 5.30. The Morgan fingerprint density at radius 2 is 1.43 bits per heavy atom. The van der Waals surface area contributed by atoms with Gasteiger partial charge in [0, 0.05) is 14.2 Å². The third kappa shape index (κ3) is 5.10. The minimum absolute atomic E-state index is 1.04. The van der Waals surface area contributed by atoms with Gasteiger partial charge in [-0.1, -0.05) is 13.8 Å². The van der Waals surface area contributed by atoms with Gasteiger partial charge < -0.3 is 14.2 Å². The largest absolute Gasteiger partial charge is 0.398 e. The molecular weight excluding hydrogens is 194 g/mol. The quantitative estimate of drug-likeness (QED) is 0.735. The van der Waals surface area contributed by atoms with Gasteiger partial charge in [0.25, 0.3) is 0 Å². The zero-order valence-electron chi connectivity index (χ0n) is 10.1. The van der Waals surface area contributed by atoms with Crippen molar-refractivity contribution in [1.82, 2.24) is 5.32 Å². The van der Waals surface area contributed by atoms with Crippen LogP contribution in [0.3, 0.4) is 0 Å². The fourth-order valence-electron chi connectivity index (χ4n) is 1.54. The maximum absolute atomic E-state index is 5.30. The highest BCUT2D eigenvalue weighted by Gasteiger charge is 2.29. The second-order valence-corrected chi connectivity index (χ2v) is 7.54. The first kappa shape index (κ1) is 14.1. The van der Waals surface area contributed by atoms with Crippen LogP contribution in [0.15, 0.2) is 0 Å². The average Bonchev–Trinajstić information content (AvgIpc) is 2.80. The van der Waals surface area contributed by atoms with Gasteiger partial charge in [0.2, 0.25) is 0 Å². The van der Waals surface area contributed by atoms with Crippen molar-refractivity contribution < 1.29 is 8.85 Å². The molecule has 14 heavy (non-hydrogen) atoms. The van der Waals surface area contributed by atoms with Crippen molar-refractivity contribution in [1.29, 1.82) is 0 Å². The summed E-state index contributed by atoms with van der Waals surface area (Å²) >= 11 is 0. The SMILES string of the molecule is C1CCNC1.CC[Si](CC)(OC)OC. The van der Waals surface area contributed by atoms with Crippen LogP contribution < -0.4 is 5.32 Å². The average molecular weight is 219 g/mol. The van der Waals surface area contributed by atoms with Crippen LogP contribution >= 0.6 is 0 Å². The summed E-state index contributed by atoms with van der Waals surface area (Å²) < 4.78 is 10.6. The molecule has 3 nitrogen and oxygen atoms in total.